The van der Waals surface area contributed by atoms with E-state index >= 15 is 0 Å². The molecule has 1 aromatic heterocycles. The lowest BCUT2D eigenvalue weighted by Crippen LogP contribution is -2.45. The Hall–Kier alpha value is -3.69. The molecule has 0 spiro atoms. The van der Waals surface area contributed by atoms with Gasteiger partial charge in [0.05, 0.1) is 11.4 Å². The lowest BCUT2D eigenvalue weighted by atomic mass is 9.81. The fourth-order valence-corrected chi connectivity index (χ4v) is 3.48. The second kappa shape index (κ2) is 9.05. The molecule has 0 saturated heterocycles. The highest BCUT2D eigenvalue weighted by atomic mass is 19.1. The summed E-state index contributed by atoms with van der Waals surface area (Å²) < 4.78 is 54.6. The van der Waals surface area contributed by atoms with Crippen LogP contribution in [0.5, 0.6) is 0 Å². The zero-order valence-corrected chi connectivity index (χ0v) is 18.3. The van der Waals surface area contributed by atoms with Gasteiger partial charge in [0.15, 0.2) is 0 Å². The Labute approximate surface area is 187 Å². The van der Waals surface area contributed by atoms with Crippen LogP contribution in [0, 0.1) is 23.3 Å². The topological polar surface area (TPSA) is 78.1 Å². The molecule has 6 nitrogen and oxygen atoms in total. The van der Waals surface area contributed by atoms with E-state index in [1.807, 2.05) is 0 Å². The average molecular weight is 462 g/mol. The molecule has 2 amide bonds. The van der Waals surface area contributed by atoms with Crippen LogP contribution in [-0.2, 0) is 15.0 Å². The predicted molar refractivity (Wildman–Crippen MR) is 115 cm³/mol. The van der Waals surface area contributed by atoms with Gasteiger partial charge >= 0.3 is 0 Å². The van der Waals surface area contributed by atoms with Gasteiger partial charge in [0.25, 0.3) is 0 Å². The number of benzene rings is 2. The maximum Gasteiger partial charge on any atom is 0.248 e. The SMILES string of the molecule is CC(=O)N(c1cc(F)cc(F)c1)C(C)C(=O)Nc1cc(C(C)(C)c2cc(F)cc(F)c2)n[nH]1. The van der Waals surface area contributed by atoms with Gasteiger partial charge in [-0.1, -0.05) is 13.8 Å². The lowest BCUT2D eigenvalue weighted by molar-refractivity contribution is -0.122. The number of carbonyl (C=O) groups is 2. The van der Waals surface area contributed by atoms with Crippen LogP contribution in [0.3, 0.4) is 0 Å². The first-order valence-corrected chi connectivity index (χ1v) is 9.97. The van der Waals surface area contributed by atoms with Gasteiger partial charge in [0.1, 0.15) is 35.1 Å². The van der Waals surface area contributed by atoms with Crippen molar-refractivity contribution in [2.24, 2.45) is 0 Å². The highest BCUT2D eigenvalue weighted by Gasteiger charge is 2.29. The second-order valence-electron chi connectivity index (χ2n) is 8.13. The molecule has 2 N–H and O–H groups in total. The van der Waals surface area contributed by atoms with Gasteiger partial charge in [0.2, 0.25) is 11.8 Å². The first-order valence-electron chi connectivity index (χ1n) is 9.97. The van der Waals surface area contributed by atoms with E-state index < -0.39 is 46.5 Å². The van der Waals surface area contributed by atoms with E-state index in [1.54, 1.807) is 13.8 Å². The van der Waals surface area contributed by atoms with Crippen LogP contribution >= 0.6 is 0 Å². The summed E-state index contributed by atoms with van der Waals surface area (Å²) >= 11 is 0. The van der Waals surface area contributed by atoms with Crippen molar-refractivity contribution >= 4 is 23.3 Å². The van der Waals surface area contributed by atoms with E-state index in [-0.39, 0.29) is 11.5 Å². The van der Waals surface area contributed by atoms with Gasteiger partial charge < -0.3 is 10.2 Å². The maximum absolute atomic E-state index is 13.7. The summed E-state index contributed by atoms with van der Waals surface area (Å²) in [6.45, 7) is 5.99. The zero-order valence-electron chi connectivity index (χ0n) is 18.3. The van der Waals surface area contributed by atoms with E-state index in [9.17, 15) is 27.2 Å². The van der Waals surface area contributed by atoms with Crippen LogP contribution in [0.4, 0.5) is 29.1 Å². The summed E-state index contributed by atoms with van der Waals surface area (Å²) in [6, 6.07) is 6.08. The number of nitrogens with zero attached hydrogens (tertiary/aromatic N) is 2. The molecule has 33 heavy (non-hydrogen) atoms. The summed E-state index contributed by atoms with van der Waals surface area (Å²) in [6.07, 6.45) is 0. The normalized spacial score (nSPS) is 12.4. The Kier molecular flexibility index (Phi) is 6.57. The Balaban J connectivity index is 1.82. The minimum Gasteiger partial charge on any atom is -0.309 e. The largest absolute Gasteiger partial charge is 0.309 e. The molecule has 0 aliphatic rings. The zero-order chi connectivity index (χ0) is 24.5. The highest BCUT2D eigenvalue weighted by Crippen LogP contribution is 2.32. The molecule has 174 valence electrons. The van der Waals surface area contributed by atoms with E-state index in [2.05, 4.69) is 15.5 Å². The van der Waals surface area contributed by atoms with Gasteiger partial charge in [-0.15, -0.1) is 0 Å². The van der Waals surface area contributed by atoms with Gasteiger partial charge in [-0.3, -0.25) is 14.7 Å². The van der Waals surface area contributed by atoms with Crippen molar-refractivity contribution in [1.29, 1.82) is 0 Å². The standard InChI is InChI=1S/C23H22F4N4O2/c1-12(31(13(2)32)19-9-17(26)8-18(27)10-19)22(33)28-21-11-20(29-30-21)23(3,4)14-5-15(24)7-16(25)6-14/h5-12H,1-4H3,(H2,28,29,30,33). The van der Waals surface area contributed by atoms with Crippen LogP contribution in [-0.4, -0.2) is 28.1 Å². The van der Waals surface area contributed by atoms with Crippen LogP contribution in [0.25, 0.3) is 0 Å². The number of hydrogen-bond acceptors (Lipinski definition) is 3. The third-order valence-corrected chi connectivity index (χ3v) is 5.29. The molecule has 3 aromatic rings. The summed E-state index contributed by atoms with van der Waals surface area (Å²) in [7, 11) is 0. The number of nitrogens with one attached hydrogen (secondary N) is 2. The van der Waals surface area contributed by atoms with Crippen molar-refractivity contribution in [3.8, 4) is 0 Å². The first kappa shape index (κ1) is 24.0. The summed E-state index contributed by atoms with van der Waals surface area (Å²) in [5, 5.41) is 9.32. The molecule has 1 heterocycles. The number of amides is 2. The Morgan fingerprint density at radius 1 is 0.939 bits per heavy atom. The highest BCUT2D eigenvalue weighted by molar-refractivity contribution is 6.03. The predicted octanol–water partition coefficient (Wildman–Crippen LogP) is 4.67. The van der Waals surface area contributed by atoms with E-state index in [0.717, 1.165) is 23.1 Å². The molecule has 0 bridgehead atoms. The maximum atomic E-state index is 13.7. The molecule has 2 aromatic carbocycles. The van der Waals surface area contributed by atoms with E-state index in [1.165, 1.54) is 32.0 Å². The monoisotopic (exact) mass is 462 g/mol. The quantitative estimate of drug-likeness (QED) is 0.523. The fraction of sp³-hybridized carbons (Fsp3) is 0.261. The van der Waals surface area contributed by atoms with Crippen LogP contribution in [0.2, 0.25) is 0 Å². The van der Waals surface area contributed by atoms with Crippen molar-refractivity contribution in [3.63, 3.8) is 0 Å². The molecule has 1 unspecified atom stereocenters. The Morgan fingerprint density at radius 2 is 1.45 bits per heavy atom. The second-order valence-corrected chi connectivity index (χ2v) is 8.13. The van der Waals surface area contributed by atoms with Crippen LogP contribution < -0.4 is 10.2 Å². The smallest absolute Gasteiger partial charge is 0.248 e. The Bertz CT molecular complexity index is 1170. The minimum atomic E-state index is -1.12. The van der Waals surface area contributed by atoms with Crippen LogP contribution in [0.15, 0.2) is 42.5 Å². The van der Waals surface area contributed by atoms with Gasteiger partial charge in [-0.25, -0.2) is 17.6 Å². The van der Waals surface area contributed by atoms with Crippen molar-refractivity contribution < 1.29 is 27.2 Å². The molecular formula is C23H22F4N4O2. The van der Waals surface area contributed by atoms with Crippen molar-refractivity contribution in [2.45, 2.75) is 39.2 Å². The van der Waals surface area contributed by atoms with Crippen molar-refractivity contribution in [3.05, 3.63) is 77.0 Å². The third kappa shape index (κ3) is 5.21. The number of carbonyl (C=O) groups excluding carboxylic acids is 2. The Morgan fingerprint density at radius 3 is 1.97 bits per heavy atom. The lowest BCUT2D eigenvalue weighted by Gasteiger charge is -2.27. The number of rotatable bonds is 6. The number of hydrogen-bond donors (Lipinski definition) is 2. The number of anilines is 2. The van der Waals surface area contributed by atoms with Crippen LogP contribution in [0.1, 0.15) is 39.0 Å². The molecule has 10 heteroatoms. The first-order chi connectivity index (χ1) is 15.4. The molecular weight excluding hydrogens is 440 g/mol. The average Bonchev–Trinajstić information content (AvgIpc) is 3.15. The number of halogens is 4. The number of H-pyrrole nitrogens is 1. The van der Waals surface area contributed by atoms with Gasteiger partial charge in [0, 0.05) is 30.5 Å². The molecule has 0 aliphatic heterocycles. The van der Waals surface area contributed by atoms with Crippen molar-refractivity contribution in [2.75, 3.05) is 10.2 Å². The molecule has 0 saturated carbocycles. The molecule has 0 fully saturated rings. The van der Waals surface area contributed by atoms with E-state index in [0.29, 0.717) is 17.3 Å². The molecule has 3 rings (SSSR count). The van der Waals surface area contributed by atoms with Crippen molar-refractivity contribution in [1.82, 2.24) is 10.2 Å². The van der Waals surface area contributed by atoms with E-state index in [4.69, 9.17) is 0 Å². The number of aromatic nitrogens is 2. The van der Waals surface area contributed by atoms with Gasteiger partial charge in [-0.05, 0) is 36.8 Å². The summed E-state index contributed by atoms with van der Waals surface area (Å²) in [4.78, 5) is 25.9. The molecule has 0 aliphatic carbocycles. The van der Waals surface area contributed by atoms with Gasteiger partial charge in [-0.2, -0.15) is 5.10 Å². The summed E-state index contributed by atoms with van der Waals surface area (Å²) in [5.74, 6) is -4.32. The minimum absolute atomic E-state index is 0.109. The molecule has 0 radical (unpaired) electrons. The third-order valence-electron chi connectivity index (χ3n) is 5.29. The molecule has 1 atom stereocenters. The summed E-state index contributed by atoms with van der Waals surface area (Å²) in [5.41, 5.74) is -0.277. The number of aromatic amines is 1. The fourth-order valence-electron chi connectivity index (χ4n) is 3.48.